The van der Waals surface area contributed by atoms with Gasteiger partial charge in [-0.1, -0.05) is 36.9 Å². The van der Waals surface area contributed by atoms with E-state index in [4.69, 9.17) is 0 Å². The van der Waals surface area contributed by atoms with Gasteiger partial charge in [0.2, 0.25) is 0 Å². The van der Waals surface area contributed by atoms with Gasteiger partial charge in [-0.25, -0.2) is 0 Å². The summed E-state index contributed by atoms with van der Waals surface area (Å²) in [6, 6.07) is 7.99. The molecule has 0 bridgehead atoms. The molecule has 1 atom stereocenters. The van der Waals surface area contributed by atoms with Crippen molar-refractivity contribution in [3.05, 3.63) is 48.0 Å². The van der Waals surface area contributed by atoms with Gasteiger partial charge in [0, 0.05) is 5.75 Å². The van der Waals surface area contributed by atoms with Gasteiger partial charge in [0.25, 0.3) is 0 Å². The van der Waals surface area contributed by atoms with Crippen LogP contribution < -0.4 is 0 Å². The predicted molar refractivity (Wildman–Crippen MR) is 63.4 cm³/mol. The fourth-order valence-corrected chi connectivity index (χ4v) is 1.75. The second-order valence-corrected chi connectivity index (χ2v) is 4.35. The molecule has 1 N–H and O–H groups in total. The van der Waals surface area contributed by atoms with Crippen molar-refractivity contribution in [2.45, 2.75) is 18.3 Å². The fraction of sp³-hybridized carbons (Fsp3) is 0.333. The lowest BCUT2D eigenvalue weighted by atomic mass is 9.96. The molecule has 1 aromatic rings. The van der Waals surface area contributed by atoms with Crippen LogP contribution in [0.4, 0.5) is 0 Å². The molecular formula is C12H16OS. The molecule has 14 heavy (non-hydrogen) atoms. The van der Waals surface area contributed by atoms with Crippen molar-refractivity contribution in [3.63, 3.8) is 0 Å². The second kappa shape index (κ2) is 4.67. The zero-order valence-corrected chi connectivity index (χ0v) is 9.47. The molecule has 0 heterocycles. The van der Waals surface area contributed by atoms with Gasteiger partial charge in [-0.15, -0.1) is 0 Å². The van der Waals surface area contributed by atoms with Crippen LogP contribution in [-0.2, 0) is 11.4 Å². The summed E-state index contributed by atoms with van der Waals surface area (Å²) < 4.78 is 0. The van der Waals surface area contributed by atoms with Gasteiger partial charge >= 0.3 is 0 Å². The van der Waals surface area contributed by atoms with Crippen molar-refractivity contribution >= 4 is 11.8 Å². The smallest absolute Gasteiger partial charge is 0.105 e. The quantitative estimate of drug-likeness (QED) is 0.768. The molecule has 0 aromatic heterocycles. The molecule has 0 aliphatic heterocycles. The SMILES string of the molecule is C=CC(C)(O)c1ccc(CSC)cc1. The molecule has 0 spiro atoms. The van der Waals surface area contributed by atoms with E-state index in [1.807, 2.05) is 24.3 Å². The van der Waals surface area contributed by atoms with Crippen LogP contribution in [0.25, 0.3) is 0 Å². The largest absolute Gasteiger partial charge is 0.381 e. The van der Waals surface area contributed by atoms with Crippen molar-refractivity contribution in [3.8, 4) is 0 Å². The van der Waals surface area contributed by atoms with Gasteiger partial charge in [0.1, 0.15) is 5.60 Å². The van der Waals surface area contributed by atoms with E-state index >= 15 is 0 Å². The van der Waals surface area contributed by atoms with E-state index in [9.17, 15) is 5.11 Å². The normalized spacial score (nSPS) is 14.8. The molecule has 0 amide bonds. The zero-order chi connectivity index (χ0) is 10.6. The number of hydrogen-bond donors (Lipinski definition) is 1. The highest BCUT2D eigenvalue weighted by molar-refractivity contribution is 7.97. The van der Waals surface area contributed by atoms with Crippen molar-refractivity contribution in [1.29, 1.82) is 0 Å². The van der Waals surface area contributed by atoms with Gasteiger partial charge in [0.15, 0.2) is 0 Å². The summed E-state index contributed by atoms with van der Waals surface area (Å²) in [6.45, 7) is 5.35. The summed E-state index contributed by atoms with van der Waals surface area (Å²) in [5.74, 6) is 1.01. The molecular weight excluding hydrogens is 192 g/mol. The van der Waals surface area contributed by atoms with E-state index in [1.165, 1.54) is 5.56 Å². The zero-order valence-electron chi connectivity index (χ0n) is 8.66. The highest BCUT2D eigenvalue weighted by Gasteiger charge is 2.17. The van der Waals surface area contributed by atoms with Gasteiger partial charge in [-0.3, -0.25) is 0 Å². The monoisotopic (exact) mass is 208 g/mol. The van der Waals surface area contributed by atoms with Crippen LogP contribution in [0.5, 0.6) is 0 Å². The first-order valence-electron chi connectivity index (χ1n) is 4.54. The molecule has 1 aromatic carbocycles. The number of benzene rings is 1. The minimum atomic E-state index is -0.919. The second-order valence-electron chi connectivity index (χ2n) is 3.48. The predicted octanol–water partition coefficient (Wildman–Crippen LogP) is 2.94. The molecule has 2 heteroatoms. The lowest BCUT2D eigenvalue weighted by molar-refractivity contribution is 0.111. The molecule has 0 saturated carbocycles. The Bertz CT molecular complexity index is 301. The molecule has 1 rings (SSSR count). The molecule has 76 valence electrons. The van der Waals surface area contributed by atoms with Gasteiger partial charge in [-0.05, 0) is 24.3 Å². The first-order chi connectivity index (χ1) is 6.60. The van der Waals surface area contributed by atoms with Crippen LogP contribution in [0.1, 0.15) is 18.1 Å². The van der Waals surface area contributed by atoms with Crippen LogP contribution >= 0.6 is 11.8 Å². The van der Waals surface area contributed by atoms with E-state index < -0.39 is 5.60 Å². The van der Waals surface area contributed by atoms with Gasteiger partial charge < -0.3 is 5.11 Å². The van der Waals surface area contributed by atoms with Gasteiger partial charge in [0.05, 0.1) is 0 Å². The Morgan fingerprint density at radius 3 is 2.43 bits per heavy atom. The highest BCUT2D eigenvalue weighted by Crippen LogP contribution is 2.22. The Labute approximate surface area is 89.8 Å². The van der Waals surface area contributed by atoms with Gasteiger partial charge in [-0.2, -0.15) is 11.8 Å². The third kappa shape index (κ3) is 2.63. The molecule has 1 nitrogen and oxygen atoms in total. The Morgan fingerprint density at radius 2 is 2.00 bits per heavy atom. The Hall–Kier alpha value is -0.730. The number of aliphatic hydroxyl groups is 1. The van der Waals surface area contributed by atoms with Crippen LogP contribution in [-0.4, -0.2) is 11.4 Å². The third-order valence-electron chi connectivity index (χ3n) is 2.25. The lowest BCUT2D eigenvalue weighted by Gasteiger charge is -2.19. The van der Waals surface area contributed by atoms with E-state index in [2.05, 4.69) is 12.8 Å². The minimum absolute atomic E-state index is 0.886. The molecule has 0 fully saturated rings. The minimum Gasteiger partial charge on any atom is -0.381 e. The van der Waals surface area contributed by atoms with Crippen molar-refractivity contribution in [2.75, 3.05) is 6.26 Å². The summed E-state index contributed by atoms with van der Waals surface area (Å²) in [7, 11) is 0. The van der Waals surface area contributed by atoms with Crippen LogP contribution in [0.2, 0.25) is 0 Å². The number of thioether (sulfide) groups is 1. The first-order valence-corrected chi connectivity index (χ1v) is 5.94. The lowest BCUT2D eigenvalue weighted by Crippen LogP contribution is -2.16. The van der Waals surface area contributed by atoms with E-state index in [1.54, 1.807) is 24.8 Å². The topological polar surface area (TPSA) is 20.2 Å². The fourth-order valence-electron chi connectivity index (χ4n) is 1.22. The van der Waals surface area contributed by atoms with Crippen molar-refractivity contribution in [1.82, 2.24) is 0 Å². The average Bonchev–Trinajstić information content (AvgIpc) is 2.19. The third-order valence-corrected chi connectivity index (χ3v) is 2.87. The number of rotatable bonds is 4. The van der Waals surface area contributed by atoms with E-state index in [-0.39, 0.29) is 0 Å². The van der Waals surface area contributed by atoms with Crippen LogP contribution in [0.3, 0.4) is 0 Å². The van der Waals surface area contributed by atoms with E-state index in [0.29, 0.717) is 0 Å². The summed E-state index contributed by atoms with van der Waals surface area (Å²) in [4.78, 5) is 0. The molecule has 0 saturated heterocycles. The maximum Gasteiger partial charge on any atom is 0.105 e. The summed E-state index contributed by atoms with van der Waals surface area (Å²) >= 11 is 1.79. The van der Waals surface area contributed by atoms with Crippen LogP contribution in [0, 0.1) is 0 Å². The highest BCUT2D eigenvalue weighted by atomic mass is 32.2. The number of hydrogen-bond acceptors (Lipinski definition) is 2. The van der Waals surface area contributed by atoms with Crippen molar-refractivity contribution in [2.24, 2.45) is 0 Å². The Kier molecular flexibility index (Phi) is 3.78. The Balaban J connectivity index is 2.88. The van der Waals surface area contributed by atoms with Crippen LogP contribution in [0.15, 0.2) is 36.9 Å². The van der Waals surface area contributed by atoms with E-state index in [0.717, 1.165) is 11.3 Å². The van der Waals surface area contributed by atoms with Crippen molar-refractivity contribution < 1.29 is 5.11 Å². The molecule has 0 aliphatic rings. The first kappa shape index (κ1) is 11.3. The molecule has 1 unspecified atom stereocenters. The average molecular weight is 208 g/mol. The molecule has 0 aliphatic carbocycles. The summed E-state index contributed by atoms with van der Waals surface area (Å²) in [5, 5.41) is 9.89. The molecule has 0 radical (unpaired) electrons. The maximum atomic E-state index is 9.89. The summed E-state index contributed by atoms with van der Waals surface area (Å²) in [5.41, 5.74) is 1.25. The maximum absolute atomic E-state index is 9.89. The standard InChI is InChI=1S/C12H16OS/c1-4-12(2,13)11-7-5-10(6-8-11)9-14-3/h4-8,13H,1,9H2,2-3H3. The summed E-state index contributed by atoms with van der Waals surface area (Å²) in [6.07, 6.45) is 3.63. The Morgan fingerprint density at radius 1 is 1.43 bits per heavy atom.